The molecule has 0 spiro atoms. The summed E-state index contributed by atoms with van der Waals surface area (Å²) < 4.78 is 7.91. The highest BCUT2D eigenvalue weighted by Crippen LogP contribution is 2.33. The Hall–Kier alpha value is -4.14. The molecule has 1 N–H and O–H groups in total. The predicted octanol–water partition coefficient (Wildman–Crippen LogP) is 5.63. The molecule has 35 heavy (non-hydrogen) atoms. The number of hydrogen-bond donors (Lipinski definition) is 1. The van der Waals surface area contributed by atoms with Crippen LogP contribution in [0.5, 0.6) is 0 Å². The van der Waals surface area contributed by atoms with Gasteiger partial charge in [0.05, 0.1) is 34.9 Å². The summed E-state index contributed by atoms with van der Waals surface area (Å²) in [5, 5.41) is 27.2. The number of nitrogens with zero attached hydrogens (tertiary/aromatic N) is 5. The highest BCUT2D eigenvalue weighted by molar-refractivity contribution is 6.29. The third kappa shape index (κ3) is 4.37. The number of nitriles is 2. The molecule has 176 valence electrons. The highest BCUT2D eigenvalue weighted by Gasteiger charge is 2.24. The van der Waals surface area contributed by atoms with Crippen molar-refractivity contribution in [2.24, 2.45) is 0 Å². The lowest BCUT2D eigenvalue weighted by molar-refractivity contribution is 0.418. The fourth-order valence-corrected chi connectivity index (χ4v) is 4.06. The number of halogens is 1. The maximum atomic E-state index is 13.4. The van der Waals surface area contributed by atoms with Gasteiger partial charge < -0.3 is 9.73 Å². The van der Waals surface area contributed by atoms with Crippen LogP contribution in [0.2, 0.25) is 5.15 Å². The number of anilines is 1. The number of hydrogen-bond acceptors (Lipinski definition) is 7. The average molecular weight is 487 g/mol. The van der Waals surface area contributed by atoms with Crippen LogP contribution in [0, 0.1) is 36.5 Å². The zero-order chi connectivity index (χ0) is 25.5. The van der Waals surface area contributed by atoms with Gasteiger partial charge in [0.2, 0.25) is 0 Å². The second-order valence-electron chi connectivity index (χ2n) is 8.97. The Balaban J connectivity index is 1.87. The van der Waals surface area contributed by atoms with Crippen molar-refractivity contribution in [2.75, 3.05) is 5.32 Å². The molecule has 0 fully saturated rings. The second kappa shape index (κ2) is 8.90. The van der Waals surface area contributed by atoms with Crippen LogP contribution in [0.3, 0.4) is 0 Å². The van der Waals surface area contributed by atoms with E-state index in [9.17, 15) is 15.3 Å². The molecule has 0 unspecified atom stereocenters. The highest BCUT2D eigenvalue weighted by atomic mass is 35.5. The summed E-state index contributed by atoms with van der Waals surface area (Å²) in [7, 11) is 0. The fraction of sp³-hybridized carbons (Fsp3) is 0.269. The summed E-state index contributed by atoms with van der Waals surface area (Å²) in [6.07, 6.45) is 3.29. The van der Waals surface area contributed by atoms with Crippen LogP contribution in [0.1, 0.15) is 49.2 Å². The summed E-state index contributed by atoms with van der Waals surface area (Å²) in [6.45, 7) is 9.05. The van der Waals surface area contributed by atoms with E-state index < -0.39 is 5.54 Å². The molecule has 0 radical (unpaired) electrons. The van der Waals surface area contributed by atoms with Gasteiger partial charge >= 0.3 is 0 Å². The molecule has 0 saturated heterocycles. The Morgan fingerprint density at radius 2 is 1.97 bits per heavy atom. The molecule has 9 heteroatoms. The van der Waals surface area contributed by atoms with Crippen molar-refractivity contribution in [1.82, 2.24) is 14.8 Å². The molecule has 3 aromatic heterocycles. The molecule has 4 aromatic rings. The van der Waals surface area contributed by atoms with E-state index in [2.05, 4.69) is 21.5 Å². The van der Waals surface area contributed by atoms with Gasteiger partial charge in [-0.15, -0.1) is 0 Å². The number of aryl methyl sites for hydroxylation is 1. The van der Waals surface area contributed by atoms with E-state index in [0.29, 0.717) is 33.5 Å². The minimum Gasteiger partial charge on any atom is -0.455 e. The van der Waals surface area contributed by atoms with Gasteiger partial charge in [0.1, 0.15) is 28.1 Å². The maximum absolute atomic E-state index is 13.4. The molecule has 3 heterocycles. The van der Waals surface area contributed by atoms with Gasteiger partial charge in [0.15, 0.2) is 11.1 Å². The van der Waals surface area contributed by atoms with Crippen molar-refractivity contribution in [3.05, 3.63) is 74.4 Å². The van der Waals surface area contributed by atoms with Crippen molar-refractivity contribution < 1.29 is 4.42 Å². The molecule has 0 aliphatic carbocycles. The Morgan fingerprint density at radius 3 is 2.66 bits per heavy atom. The van der Waals surface area contributed by atoms with Crippen molar-refractivity contribution in [1.29, 1.82) is 10.5 Å². The number of benzene rings is 1. The first-order chi connectivity index (χ1) is 16.6. The molecular weight excluding hydrogens is 464 g/mol. The van der Waals surface area contributed by atoms with Crippen LogP contribution >= 0.6 is 11.6 Å². The van der Waals surface area contributed by atoms with E-state index in [4.69, 9.17) is 16.0 Å². The minimum absolute atomic E-state index is 0.142. The van der Waals surface area contributed by atoms with Gasteiger partial charge in [-0.2, -0.15) is 15.6 Å². The predicted molar refractivity (Wildman–Crippen MR) is 134 cm³/mol. The summed E-state index contributed by atoms with van der Waals surface area (Å²) in [6, 6.07) is 11.0. The molecule has 0 aliphatic heterocycles. The molecule has 0 saturated carbocycles. The number of pyridine rings is 1. The quantitative estimate of drug-likeness (QED) is 0.363. The van der Waals surface area contributed by atoms with E-state index in [-0.39, 0.29) is 22.3 Å². The van der Waals surface area contributed by atoms with Gasteiger partial charge in [-0.25, -0.2) is 4.98 Å². The van der Waals surface area contributed by atoms with Crippen molar-refractivity contribution in [3.8, 4) is 23.5 Å². The Morgan fingerprint density at radius 1 is 1.23 bits per heavy atom. The molecule has 1 atom stereocenters. The van der Waals surface area contributed by atoms with E-state index in [1.807, 2.05) is 26.0 Å². The minimum atomic E-state index is -0.852. The number of rotatable bonds is 5. The first-order valence-electron chi connectivity index (χ1n) is 10.9. The average Bonchev–Trinajstić information content (AvgIpc) is 3.33. The number of nitrogens with one attached hydrogen (secondary N) is 1. The van der Waals surface area contributed by atoms with Crippen LogP contribution in [0.15, 0.2) is 45.9 Å². The summed E-state index contributed by atoms with van der Waals surface area (Å²) >= 11 is 5.93. The molecule has 1 aromatic carbocycles. The van der Waals surface area contributed by atoms with E-state index >= 15 is 0 Å². The molecule has 4 rings (SSSR count). The zero-order valence-corrected chi connectivity index (χ0v) is 20.7. The van der Waals surface area contributed by atoms with Crippen LogP contribution in [0.4, 0.5) is 5.69 Å². The monoisotopic (exact) mass is 486 g/mol. The molecule has 0 bridgehead atoms. The van der Waals surface area contributed by atoms with Crippen molar-refractivity contribution in [2.45, 2.75) is 46.2 Å². The van der Waals surface area contributed by atoms with Gasteiger partial charge in [0, 0.05) is 17.3 Å². The standard InChI is InChI=1S/C26H23ClN6O2/c1-14-8-18(16(3)31-20-6-7-22(27)32-21(20)10-28)25-19(9-14)23(34)15(2)24(35-25)17-11-30-33(12-17)26(4,5)13-29/h6-9,11-12,16,31H,1-5H3/t16-/m1/s1. The molecular formula is C26H23ClN6O2. The normalized spacial score (nSPS) is 12.2. The first kappa shape index (κ1) is 24.0. The lowest BCUT2D eigenvalue weighted by Crippen LogP contribution is -2.24. The van der Waals surface area contributed by atoms with Crippen LogP contribution in [0.25, 0.3) is 22.3 Å². The van der Waals surface area contributed by atoms with E-state index in [1.165, 1.54) is 0 Å². The Kier molecular flexibility index (Phi) is 6.10. The topological polar surface area (TPSA) is 121 Å². The SMILES string of the molecule is Cc1cc([C@@H](C)Nc2ccc(Cl)nc2C#N)c2oc(-c3cnn(C(C)(C)C#N)c3)c(C)c(=O)c2c1. The smallest absolute Gasteiger partial charge is 0.196 e. The first-order valence-corrected chi connectivity index (χ1v) is 11.3. The largest absolute Gasteiger partial charge is 0.455 e. The third-order valence-corrected chi connectivity index (χ3v) is 6.10. The van der Waals surface area contributed by atoms with Gasteiger partial charge in [-0.1, -0.05) is 17.7 Å². The summed E-state index contributed by atoms with van der Waals surface area (Å²) in [5.74, 6) is 0.394. The number of fused-ring (bicyclic) bond motifs is 1. The van der Waals surface area contributed by atoms with Crippen LogP contribution < -0.4 is 10.7 Å². The Bertz CT molecular complexity index is 1600. The maximum Gasteiger partial charge on any atom is 0.196 e. The summed E-state index contributed by atoms with van der Waals surface area (Å²) in [4.78, 5) is 17.4. The van der Waals surface area contributed by atoms with Crippen LogP contribution in [-0.2, 0) is 5.54 Å². The second-order valence-corrected chi connectivity index (χ2v) is 9.36. The molecule has 0 amide bonds. The van der Waals surface area contributed by atoms with Gasteiger partial charge in [-0.05, 0) is 58.4 Å². The lowest BCUT2D eigenvalue weighted by atomic mass is 9.99. The Labute approximate surface area is 207 Å². The third-order valence-electron chi connectivity index (χ3n) is 5.89. The van der Waals surface area contributed by atoms with Crippen molar-refractivity contribution in [3.63, 3.8) is 0 Å². The number of aromatic nitrogens is 3. The van der Waals surface area contributed by atoms with E-state index in [0.717, 1.165) is 11.1 Å². The zero-order valence-electron chi connectivity index (χ0n) is 20.0. The van der Waals surface area contributed by atoms with Gasteiger partial charge in [0.25, 0.3) is 0 Å². The van der Waals surface area contributed by atoms with Gasteiger partial charge in [-0.3, -0.25) is 9.48 Å². The fourth-order valence-electron chi connectivity index (χ4n) is 3.91. The van der Waals surface area contributed by atoms with E-state index in [1.54, 1.807) is 56.0 Å². The van der Waals surface area contributed by atoms with Crippen LogP contribution in [-0.4, -0.2) is 14.8 Å². The molecule has 8 nitrogen and oxygen atoms in total. The summed E-state index contributed by atoms with van der Waals surface area (Å²) in [5.41, 5.74) is 2.85. The molecule has 0 aliphatic rings. The van der Waals surface area contributed by atoms with Crippen molar-refractivity contribution >= 4 is 28.3 Å². The lowest BCUT2D eigenvalue weighted by Gasteiger charge is -2.19.